The van der Waals surface area contributed by atoms with Crippen LogP contribution in [0.5, 0.6) is 0 Å². The first kappa shape index (κ1) is 15.2. The van der Waals surface area contributed by atoms with E-state index in [1.54, 1.807) is 12.1 Å². The van der Waals surface area contributed by atoms with Crippen molar-refractivity contribution in [1.29, 1.82) is 0 Å². The highest BCUT2D eigenvalue weighted by molar-refractivity contribution is 7.91. The topological polar surface area (TPSA) is 37.4 Å². The third kappa shape index (κ3) is 3.29. The van der Waals surface area contributed by atoms with Crippen LogP contribution in [-0.2, 0) is 9.84 Å². The molecule has 0 amide bonds. The molecule has 0 N–H and O–H groups in total. The molecule has 0 bridgehead atoms. The molecule has 0 unspecified atom stereocenters. The van der Waals surface area contributed by atoms with Gasteiger partial charge in [0.2, 0.25) is 9.84 Å². The van der Waals surface area contributed by atoms with Crippen molar-refractivity contribution in [3.05, 3.63) is 24.3 Å². The van der Waals surface area contributed by atoms with Crippen LogP contribution < -0.4 is 4.90 Å². The van der Waals surface area contributed by atoms with Crippen molar-refractivity contribution in [2.45, 2.75) is 42.8 Å². The molecule has 0 aromatic heterocycles. The Kier molecular flexibility index (Phi) is 4.96. The Morgan fingerprint density at radius 3 is 2.10 bits per heavy atom. The fourth-order valence-electron chi connectivity index (χ4n) is 2.54. The predicted octanol–water partition coefficient (Wildman–Crippen LogP) is 3.45. The van der Waals surface area contributed by atoms with Gasteiger partial charge in [-0.1, -0.05) is 31.4 Å². The number of hydrogen-bond donors (Lipinski definition) is 0. The van der Waals surface area contributed by atoms with Gasteiger partial charge in [0.15, 0.2) is 0 Å². The van der Waals surface area contributed by atoms with Gasteiger partial charge in [0, 0.05) is 13.1 Å². The first-order valence-corrected chi connectivity index (χ1v) is 8.44. The minimum atomic E-state index is -4.55. The molecule has 1 aliphatic heterocycles. The number of benzene rings is 1. The van der Waals surface area contributed by atoms with Crippen LogP contribution in [0.1, 0.15) is 32.1 Å². The monoisotopic (exact) mass is 303 g/mol. The zero-order chi connectivity index (χ0) is 14.6. The Hall–Kier alpha value is -1.17. The number of hydrogen-bond acceptors (Lipinski definition) is 3. The van der Waals surface area contributed by atoms with E-state index in [4.69, 9.17) is 0 Å². The fraction of sp³-hybridized carbons (Fsp3) is 0.571. The van der Waals surface area contributed by atoms with Crippen LogP contribution in [0.4, 0.5) is 14.5 Å². The van der Waals surface area contributed by atoms with E-state index in [-0.39, 0.29) is 4.90 Å². The SMILES string of the molecule is O=S(=O)(c1ccccc1N1CCCCCCC1)C(F)F. The summed E-state index contributed by atoms with van der Waals surface area (Å²) in [6.45, 7) is 1.44. The second-order valence-corrected chi connectivity index (χ2v) is 6.91. The van der Waals surface area contributed by atoms with Crippen LogP contribution in [0.25, 0.3) is 0 Å². The van der Waals surface area contributed by atoms with E-state index in [0.717, 1.165) is 38.8 Å². The zero-order valence-electron chi connectivity index (χ0n) is 11.3. The van der Waals surface area contributed by atoms with E-state index in [2.05, 4.69) is 0 Å². The second-order valence-electron chi connectivity index (χ2n) is 5.03. The lowest BCUT2D eigenvalue weighted by molar-refractivity contribution is 0.235. The molecular weight excluding hydrogens is 284 g/mol. The molecule has 1 fully saturated rings. The standard InChI is InChI=1S/C14H19F2NO2S/c15-14(16)20(18,19)13-9-5-4-8-12(13)17-10-6-2-1-3-7-11-17/h4-5,8-9,14H,1-3,6-7,10-11H2. The molecule has 0 saturated carbocycles. The van der Waals surface area contributed by atoms with Crippen molar-refractivity contribution >= 4 is 15.5 Å². The van der Waals surface area contributed by atoms with E-state index in [0.29, 0.717) is 5.69 Å². The van der Waals surface area contributed by atoms with Crippen molar-refractivity contribution in [2.24, 2.45) is 0 Å². The maximum Gasteiger partial charge on any atom is 0.341 e. The largest absolute Gasteiger partial charge is 0.370 e. The number of nitrogens with zero attached hydrogens (tertiary/aromatic N) is 1. The molecule has 0 atom stereocenters. The van der Waals surface area contributed by atoms with Crippen LogP contribution in [0, 0.1) is 0 Å². The molecule has 0 radical (unpaired) electrons. The summed E-state index contributed by atoms with van der Waals surface area (Å²) < 4.78 is 49.1. The van der Waals surface area contributed by atoms with Crippen LogP contribution in [0.2, 0.25) is 0 Å². The number of anilines is 1. The summed E-state index contributed by atoms with van der Waals surface area (Å²) in [5.74, 6) is -3.38. The Morgan fingerprint density at radius 2 is 1.50 bits per heavy atom. The molecule has 6 heteroatoms. The van der Waals surface area contributed by atoms with Crippen LogP contribution >= 0.6 is 0 Å². The minimum absolute atomic E-state index is 0.254. The van der Waals surface area contributed by atoms with Gasteiger partial charge in [0.25, 0.3) is 0 Å². The third-order valence-electron chi connectivity index (χ3n) is 3.60. The molecule has 112 valence electrons. The van der Waals surface area contributed by atoms with Crippen LogP contribution in [0.15, 0.2) is 29.2 Å². The first-order chi connectivity index (χ1) is 9.53. The van der Waals surface area contributed by atoms with Gasteiger partial charge < -0.3 is 4.90 Å². The Morgan fingerprint density at radius 1 is 0.950 bits per heavy atom. The van der Waals surface area contributed by atoms with Gasteiger partial charge in [-0.05, 0) is 25.0 Å². The number of halogens is 2. The summed E-state index contributed by atoms with van der Waals surface area (Å²) in [5, 5.41) is 0. The lowest BCUT2D eigenvalue weighted by atomic mass is 10.1. The smallest absolute Gasteiger partial charge is 0.341 e. The van der Waals surface area contributed by atoms with Crippen molar-refractivity contribution in [2.75, 3.05) is 18.0 Å². The third-order valence-corrected chi connectivity index (χ3v) is 5.03. The molecule has 3 nitrogen and oxygen atoms in total. The Balaban J connectivity index is 2.36. The van der Waals surface area contributed by atoms with E-state index >= 15 is 0 Å². The zero-order valence-corrected chi connectivity index (χ0v) is 12.1. The average Bonchev–Trinajstić information content (AvgIpc) is 2.38. The van der Waals surface area contributed by atoms with E-state index in [1.807, 2.05) is 4.90 Å². The highest BCUT2D eigenvalue weighted by Crippen LogP contribution is 2.30. The summed E-state index contributed by atoms with van der Waals surface area (Å²) in [6.07, 6.45) is 5.30. The molecule has 1 aromatic rings. The molecular formula is C14H19F2NO2S. The summed E-state index contributed by atoms with van der Waals surface area (Å²) in [7, 11) is -4.55. The van der Waals surface area contributed by atoms with Gasteiger partial charge in [0.1, 0.15) is 0 Å². The number of alkyl halides is 2. The number of rotatable bonds is 3. The van der Waals surface area contributed by atoms with Crippen molar-refractivity contribution in [1.82, 2.24) is 0 Å². The highest BCUT2D eigenvalue weighted by Gasteiger charge is 2.30. The van der Waals surface area contributed by atoms with Gasteiger partial charge in [-0.15, -0.1) is 0 Å². The summed E-state index contributed by atoms with van der Waals surface area (Å²) in [5.41, 5.74) is 0.412. The van der Waals surface area contributed by atoms with E-state index in [9.17, 15) is 17.2 Å². The maximum atomic E-state index is 12.8. The molecule has 0 aliphatic carbocycles. The van der Waals surface area contributed by atoms with Crippen molar-refractivity contribution in [3.8, 4) is 0 Å². The fourth-order valence-corrected chi connectivity index (χ4v) is 3.49. The molecule has 2 rings (SSSR count). The van der Waals surface area contributed by atoms with Gasteiger partial charge in [-0.3, -0.25) is 0 Å². The normalized spacial score (nSPS) is 17.9. The minimum Gasteiger partial charge on any atom is -0.370 e. The molecule has 1 aromatic carbocycles. The molecule has 1 aliphatic rings. The summed E-state index contributed by atoms with van der Waals surface area (Å²) >= 11 is 0. The second kappa shape index (κ2) is 6.52. The molecule has 0 spiro atoms. The van der Waals surface area contributed by atoms with E-state index in [1.165, 1.54) is 18.6 Å². The summed E-state index contributed by atoms with van der Waals surface area (Å²) in [4.78, 5) is 1.67. The Bertz CT molecular complexity index is 538. The number of para-hydroxylation sites is 1. The predicted molar refractivity (Wildman–Crippen MR) is 74.9 cm³/mol. The van der Waals surface area contributed by atoms with Crippen LogP contribution in [-0.4, -0.2) is 27.3 Å². The average molecular weight is 303 g/mol. The van der Waals surface area contributed by atoms with Gasteiger partial charge in [0.05, 0.1) is 10.6 Å². The van der Waals surface area contributed by atoms with Crippen molar-refractivity contribution < 1.29 is 17.2 Å². The number of sulfone groups is 1. The Labute approximate surface area is 118 Å². The lowest BCUT2D eigenvalue weighted by Crippen LogP contribution is -2.29. The quantitative estimate of drug-likeness (QED) is 0.858. The van der Waals surface area contributed by atoms with E-state index < -0.39 is 15.6 Å². The highest BCUT2D eigenvalue weighted by atomic mass is 32.2. The first-order valence-electron chi connectivity index (χ1n) is 6.89. The van der Waals surface area contributed by atoms with Gasteiger partial charge in [-0.25, -0.2) is 8.42 Å². The maximum absolute atomic E-state index is 12.8. The van der Waals surface area contributed by atoms with Crippen molar-refractivity contribution in [3.63, 3.8) is 0 Å². The lowest BCUT2D eigenvalue weighted by Gasteiger charge is -2.28. The molecule has 1 heterocycles. The van der Waals surface area contributed by atoms with Gasteiger partial charge >= 0.3 is 5.76 Å². The molecule has 20 heavy (non-hydrogen) atoms. The van der Waals surface area contributed by atoms with Gasteiger partial charge in [-0.2, -0.15) is 8.78 Å². The molecule has 1 saturated heterocycles. The summed E-state index contributed by atoms with van der Waals surface area (Å²) in [6, 6.07) is 6.08. The van der Waals surface area contributed by atoms with Crippen LogP contribution in [0.3, 0.4) is 0 Å².